The summed E-state index contributed by atoms with van der Waals surface area (Å²) < 4.78 is 3.84. The van der Waals surface area contributed by atoms with Crippen molar-refractivity contribution < 1.29 is 5.11 Å². The van der Waals surface area contributed by atoms with Gasteiger partial charge in [-0.25, -0.2) is 9.67 Å². The predicted octanol–water partition coefficient (Wildman–Crippen LogP) is 2.22. The maximum absolute atomic E-state index is 9.58. The molecular formula is C18H21N5O. The van der Waals surface area contributed by atoms with E-state index in [0.717, 1.165) is 30.6 Å². The molecule has 1 aliphatic rings. The monoisotopic (exact) mass is 323 g/mol. The average Bonchev–Trinajstić information content (AvgIpc) is 3.24. The zero-order valence-electron chi connectivity index (χ0n) is 13.5. The van der Waals surface area contributed by atoms with E-state index in [9.17, 15) is 5.11 Å². The van der Waals surface area contributed by atoms with Crippen molar-refractivity contribution in [2.75, 3.05) is 6.61 Å². The molecule has 6 heteroatoms. The van der Waals surface area contributed by atoms with Crippen LogP contribution in [0.25, 0.3) is 5.69 Å². The van der Waals surface area contributed by atoms with Crippen LogP contribution in [0.4, 0.5) is 0 Å². The summed E-state index contributed by atoms with van der Waals surface area (Å²) >= 11 is 0. The van der Waals surface area contributed by atoms with Crippen LogP contribution in [0.2, 0.25) is 0 Å². The van der Waals surface area contributed by atoms with Gasteiger partial charge < -0.3 is 9.67 Å². The molecule has 124 valence electrons. The highest BCUT2D eigenvalue weighted by Crippen LogP contribution is 2.42. The molecule has 0 saturated heterocycles. The highest BCUT2D eigenvalue weighted by atomic mass is 16.3. The zero-order valence-corrected chi connectivity index (χ0v) is 13.5. The van der Waals surface area contributed by atoms with Crippen LogP contribution in [-0.4, -0.2) is 36.3 Å². The Hall–Kier alpha value is -2.47. The van der Waals surface area contributed by atoms with Gasteiger partial charge in [-0.1, -0.05) is 23.8 Å². The fourth-order valence-electron chi connectivity index (χ4n) is 3.32. The van der Waals surface area contributed by atoms with E-state index in [-0.39, 0.29) is 12.0 Å². The molecule has 0 amide bonds. The van der Waals surface area contributed by atoms with Crippen LogP contribution in [0.3, 0.4) is 0 Å². The van der Waals surface area contributed by atoms with E-state index in [1.54, 1.807) is 12.5 Å². The van der Waals surface area contributed by atoms with Crippen molar-refractivity contribution in [1.29, 1.82) is 0 Å². The van der Waals surface area contributed by atoms with Crippen molar-refractivity contribution in [2.45, 2.75) is 32.2 Å². The normalized spacial score (nSPS) is 16.0. The van der Waals surface area contributed by atoms with Gasteiger partial charge in [-0.3, -0.25) is 0 Å². The van der Waals surface area contributed by atoms with Gasteiger partial charge in [0.25, 0.3) is 0 Å². The molecule has 1 saturated carbocycles. The molecule has 0 spiro atoms. The van der Waals surface area contributed by atoms with E-state index >= 15 is 0 Å². The van der Waals surface area contributed by atoms with Crippen LogP contribution in [0.1, 0.15) is 30.5 Å². The standard InChI is InChI=1S/C18H21N5O/c24-13-18(6-1-7-18)10-16-12-23(21-20-16)11-15-2-4-17(5-3-15)22-9-8-19-14-22/h2-5,8-9,12,14,24H,1,6-7,10-11,13H2. The predicted molar refractivity (Wildman–Crippen MR) is 89.8 cm³/mol. The lowest BCUT2D eigenvalue weighted by atomic mass is 9.67. The summed E-state index contributed by atoms with van der Waals surface area (Å²) in [7, 11) is 0. The first-order valence-corrected chi connectivity index (χ1v) is 8.34. The third kappa shape index (κ3) is 2.97. The van der Waals surface area contributed by atoms with Gasteiger partial charge in [-0.05, 0) is 36.0 Å². The Morgan fingerprint density at radius 3 is 2.62 bits per heavy atom. The van der Waals surface area contributed by atoms with Crippen LogP contribution >= 0.6 is 0 Å². The second kappa shape index (κ2) is 6.20. The van der Waals surface area contributed by atoms with E-state index in [2.05, 4.69) is 39.6 Å². The fraction of sp³-hybridized carbons (Fsp3) is 0.389. The van der Waals surface area contributed by atoms with Crippen molar-refractivity contribution in [3.8, 4) is 5.69 Å². The highest BCUT2D eigenvalue weighted by Gasteiger charge is 2.37. The minimum atomic E-state index is 0.0489. The number of hydrogen-bond acceptors (Lipinski definition) is 4. The van der Waals surface area contributed by atoms with E-state index in [4.69, 9.17) is 0 Å². The Morgan fingerprint density at radius 2 is 2.00 bits per heavy atom. The van der Waals surface area contributed by atoms with E-state index in [0.29, 0.717) is 6.54 Å². The third-order valence-electron chi connectivity index (χ3n) is 4.98. The lowest BCUT2D eigenvalue weighted by Gasteiger charge is -2.39. The minimum absolute atomic E-state index is 0.0489. The SMILES string of the molecule is OCC1(Cc2cn(Cc3ccc(-n4ccnc4)cc3)nn2)CCC1. The molecule has 1 aliphatic carbocycles. The summed E-state index contributed by atoms with van der Waals surface area (Å²) in [6.45, 7) is 0.943. The van der Waals surface area contributed by atoms with Gasteiger partial charge in [0.1, 0.15) is 0 Å². The van der Waals surface area contributed by atoms with Crippen molar-refractivity contribution in [1.82, 2.24) is 24.5 Å². The molecule has 1 fully saturated rings. The third-order valence-corrected chi connectivity index (χ3v) is 4.98. The lowest BCUT2D eigenvalue weighted by Crippen LogP contribution is -2.35. The number of benzene rings is 1. The average molecular weight is 323 g/mol. The van der Waals surface area contributed by atoms with Crippen LogP contribution in [0, 0.1) is 5.41 Å². The maximum Gasteiger partial charge on any atom is 0.0991 e. The maximum atomic E-state index is 9.58. The van der Waals surface area contributed by atoms with Crippen LogP contribution in [0.15, 0.2) is 49.2 Å². The first-order chi connectivity index (χ1) is 11.8. The Balaban J connectivity index is 1.42. The first kappa shape index (κ1) is 15.1. The van der Waals surface area contributed by atoms with Crippen LogP contribution in [0.5, 0.6) is 0 Å². The fourth-order valence-corrected chi connectivity index (χ4v) is 3.32. The molecule has 0 atom stereocenters. The smallest absolute Gasteiger partial charge is 0.0991 e. The molecule has 1 aromatic carbocycles. The van der Waals surface area contributed by atoms with Gasteiger partial charge in [0.2, 0.25) is 0 Å². The number of aliphatic hydroxyl groups is 1. The van der Waals surface area contributed by atoms with Crippen LogP contribution < -0.4 is 0 Å². The Kier molecular flexibility index (Phi) is 3.90. The molecule has 0 bridgehead atoms. The van der Waals surface area contributed by atoms with Crippen molar-refractivity contribution in [3.63, 3.8) is 0 Å². The molecule has 0 radical (unpaired) electrons. The first-order valence-electron chi connectivity index (χ1n) is 8.34. The zero-order chi connectivity index (χ0) is 16.4. The Morgan fingerprint density at radius 1 is 1.17 bits per heavy atom. The molecule has 6 nitrogen and oxygen atoms in total. The van der Waals surface area contributed by atoms with Gasteiger partial charge in [-0.2, -0.15) is 0 Å². The summed E-state index contributed by atoms with van der Waals surface area (Å²) in [6.07, 6.45) is 11.7. The number of rotatable bonds is 6. The van der Waals surface area contributed by atoms with E-state index in [1.807, 2.05) is 21.6 Å². The number of nitrogens with zero attached hydrogens (tertiary/aromatic N) is 5. The minimum Gasteiger partial charge on any atom is -0.396 e. The summed E-state index contributed by atoms with van der Waals surface area (Å²) in [5.74, 6) is 0. The number of aromatic nitrogens is 5. The molecular weight excluding hydrogens is 302 g/mol. The van der Waals surface area contributed by atoms with Gasteiger partial charge in [0.15, 0.2) is 0 Å². The summed E-state index contributed by atoms with van der Waals surface area (Å²) in [4.78, 5) is 4.06. The lowest BCUT2D eigenvalue weighted by molar-refractivity contribution is 0.0441. The largest absolute Gasteiger partial charge is 0.396 e. The van der Waals surface area contributed by atoms with Gasteiger partial charge in [0.05, 0.1) is 18.6 Å². The Labute approximate surface area is 140 Å². The van der Waals surface area contributed by atoms with E-state index < -0.39 is 0 Å². The Bertz CT molecular complexity index is 782. The molecule has 0 aliphatic heterocycles. The van der Waals surface area contributed by atoms with Crippen molar-refractivity contribution in [3.05, 3.63) is 60.4 Å². The van der Waals surface area contributed by atoms with Crippen LogP contribution in [-0.2, 0) is 13.0 Å². The number of imidazole rings is 1. The van der Waals surface area contributed by atoms with Gasteiger partial charge in [-0.15, -0.1) is 5.10 Å². The quantitative estimate of drug-likeness (QED) is 0.755. The molecule has 24 heavy (non-hydrogen) atoms. The molecule has 3 aromatic rings. The number of hydrogen-bond donors (Lipinski definition) is 1. The van der Waals surface area contributed by atoms with E-state index in [1.165, 1.54) is 12.0 Å². The molecule has 2 aromatic heterocycles. The number of aliphatic hydroxyl groups excluding tert-OH is 1. The van der Waals surface area contributed by atoms with Crippen molar-refractivity contribution in [2.24, 2.45) is 5.41 Å². The molecule has 0 unspecified atom stereocenters. The van der Waals surface area contributed by atoms with Crippen molar-refractivity contribution >= 4 is 0 Å². The molecule has 4 rings (SSSR count). The van der Waals surface area contributed by atoms with Gasteiger partial charge in [0, 0.05) is 37.3 Å². The summed E-state index contributed by atoms with van der Waals surface area (Å²) in [6, 6.07) is 8.34. The summed E-state index contributed by atoms with van der Waals surface area (Å²) in [5, 5.41) is 18.1. The summed E-state index contributed by atoms with van der Waals surface area (Å²) in [5.41, 5.74) is 3.29. The molecule has 1 N–H and O–H groups in total. The second-order valence-corrected chi connectivity index (χ2v) is 6.73. The molecule has 2 heterocycles. The topological polar surface area (TPSA) is 68.8 Å². The van der Waals surface area contributed by atoms with Gasteiger partial charge >= 0.3 is 0 Å². The highest BCUT2D eigenvalue weighted by molar-refractivity contribution is 5.34. The second-order valence-electron chi connectivity index (χ2n) is 6.73.